The number of amides is 1. The van der Waals surface area contributed by atoms with Crippen molar-refractivity contribution in [1.82, 2.24) is 14.9 Å². The predicted octanol–water partition coefficient (Wildman–Crippen LogP) is 4.78. The van der Waals surface area contributed by atoms with Gasteiger partial charge in [0.2, 0.25) is 5.91 Å². The molecule has 0 saturated carbocycles. The van der Waals surface area contributed by atoms with Gasteiger partial charge in [-0.05, 0) is 42.7 Å². The van der Waals surface area contributed by atoms with E-state index in [4.69, 9.17) is 23.2 Å². The standard InChI is InChI=1S/C19H17Cl2N3O/c20-13-5-3-6-14(21)12(13)11-18(25)24-10-4-9-17(24)19-22-15-7-1-2-8-16(15)23-19/h1-3,5-8,17H,4,9-11H2,(H,22,23). The topological polar surface area (TPSA) is 49.0 Å². The number of carbonyl (C=O) groups is 1. The maximum absolute atomic E-state index is 12.9. The van der Waals surface area contributed by atoms with Gasteiger partial charge < -0.3 is 9.88 Å². The van der Waals surface area contributed by atoms with Gasteiger partial charge in [0.25, 0.3) is 0 Å². The minimum absolute atomic E-state index is 0.0259. The van der Waals surface area contributed by atoms with Crippen molar-refractivity contribution in [2.45, 2.75) is 25.3 Å². The molecule has 1 saturated heterocycles. The number of fused-ring (bicyclic) bond motifs is 1. The molecular weight excluding hydrogens is 357 g/mol. The number of imidazole rings is 1. The number of halogens is 2. The van der Waals surface area contributed by atoms with E-state index in [0.29, 0.717) is 15.6 Å². The fourth-order valence-electron chi connectivity index (χ4n) is 3.43. The molecular formula is C19H17Cl2N3O. The largest absolute Gasteiger partial charge is 0.340 e. The molecule has 2 heterocycles. The number of likely N-dealkylation sites (tertiary alicyclic amines) is 1. The maximum Gasteiger partial charge on any atom is 0.227 e. The first kappa shape index (κ1) is 16.4. The number of nitrogens with zero attached hydrogens (tertiary/aromatic N) is 2. The highest BCUT2D eigenvalue weighted by Crippen LogP contribution is 2.33. The zero-order valence-corrected chi connectivity index (χ0v) is 15.0. The van der Waals surface area contributed by atoms with Crippen molar-refractivity contribution >= 4 is 40.1 Å². The van der Waals surface area contributed by atoms with E-state index in [9.17, 15) is 4.79 Å². The molecule has 1 aliphatic heterocycles. The van der Waals surface area contributed by atoms with Crippen LogP contribution in [0.2, 0.25) is 10.0 Å². The van der Waals surface area contributed by atoms with Gasteiger partial charge in [-0.25, -0.2) is 4.98 Å². The number of hydrogen-bond acceptors (Lipinski definition) is 2. The number of H-pyrrole nitrogens is 1. The highest BCUT2D eigenvalue weighted by Gasteiger charge is 2.32. The molecule has 1 atom stereocenters. The van der Waals surface area contributed by atoms with Gasteiger partial charge in [-0.2, -0.15) is 0 Å². The zero-order valence-electron chi connectivity index (χ0n) is 13.5. The molecule has 1 aromatic heterocycles. The van der Waals surface area contributed by atoms with Gasteiger partial charge in [0.1, 0.15) is 5.82 Å². The van der Waals surface area contributed by atoms with Crippen LogP contribution >= 0.6 is 23.2 Å². The van der Waals surface area contributed by atoms with Crippen LogP contribution in [0.1, 0.15) is 30.3 Å². The lowest BCUT2D eigenvalue weighted by Crippen LogP contribution is -2.32. The van der Waals surface area contributed by atoms with Crippen molar-refractivity contribution in [3.05, 3.63) is 63.9 Å². The maximum atomic E-state index is 12.9. The van der Waals surface area contributed by atoms with Crippen molar-refractivity contribution in [2.24, 2.45) is 0 Å². The summed E-state index contributed by atoms with van der Waals surface area (Å²) < 4.78 is 0. The monoisotopic (exact) mass is 373 g/mol. The second kappa shape index (κ2) is 6.70. The second-order valence-corrected chi connectivity index (χ2v) is 7.08. The Labute approximate surface area is 155 Å². The molecule has 128 valence electrons. The van der Waals surface area contributed by atoms with Crippen molar-refractivity contribution < 1.29 is 4.79 Å². The Morgan fingerprint density at radius 3 is 2.68 bits per heavy atom. The van der Waals surface area contributed by atoms with Gasteiger partial charge in [-0.1, -0.05) is 41.4 Å². The summed E-state index contributed by atoms with van der Waals surface area (Å²) in [5.74, 6) is 0.871. The van der Waals surface area contributed by atoms with E-state index in [1.54, 1.807) is 18.2 Å². The van der Waals surface area contributed by atoms with Gasteiger partial charge in [-0.15, -0.1) is 0 Å². The van der Waals surface area contributed by atoms with Gasteiger partial charge >= 0.3 is 0 Å². The van der Waals surface area contributed by atoms with E-state index >= 15 is 0 Å². The van der Waals surface area contributed by atoms with E-state index in [2.05, 4.69) is 9.97 Å². The van der Waals surface area contributed by atoms with Crippen molar-refractivity contribution in [2.75, 3.05) is 6.54 Å². The highest BCUT2D eigenvalue weighted by atomic mass is 35.5. The molecule has 4 nitrogen and oxygen atoms in total. The minimum Gasteiger partial charge on any atom is -0.340 e. The summed E-state index contributed by atoms with van der Waals surface area (Å²) in [6.07, 6.45) is 2.07. The van der Waals surface area contributed by atoms with Gasteiger partial charge in [0.05, 0.1) is 23.5 Å². The molecule has 6 heteroatoms. The normalized spacial score (nSPS) is 17.4. The summed E-state index contributed by atoms with van der Waals surface area (Å²) in [7, 11) is 0. The summed E-state index contributed by atoms with van der Waals surface area (Å²) in [4.78, 5) is 22.8. The quantitative estimate of drug-likeness (QED) is 0.718. The number of benzene rings is 2. The van der Waals surface area contributed by atoms with Crippen LogP contribution in [0.5, 0.6) is 0 Å². The predicted molar refractivity (Wildman–Crippen MR) is 99.9 cm³/mol. The van der Waals surface area contributed by atoms with Crippen LogP contribution in [0, 0.1) is 0 Å². The number of para-hydroxylation sites is 2. The lowest BCUT2D eigenvalue weighted by atomic mass is 10.1. The fraction of sp³-hybridized carbons (Fsp3) is 0.263. The van der Waals surface area contributed by atoms with Crippen molar-refractivity contribution in [1.29, 1.82) is 0 Å². The molecule has 0 bridgehead atoms. The van der Waals surface area contributed by atoms with Crippen molar-refractivity contribution in [3.8, 4) is 0 Å². The molecule has 0 radical (unpaired) electrons. The molecule has 1 aliphatic rings. The van der Waals surface area contributed by atoms with E-state index in [-0.39, 0.29) is 18.4 Å². The zero-order chi connectivity index (χ0) is 17.4. The number of rotatable bonds is 3. The Bertz CT molecular complexity index is 884. The Kier molecular flexibility index (Phi) is 4.40. The van der Waals surface area contributed by atoms with Crippen LogP contribution in [0.3, 0.4) is 0 Å². The van der Waals surface area contributed by atoms with Crippen LogP contribution in [0.4, 0.5) is 0 Å². The number of aromatic nitrogens is 2. The van der Waals surface area contributed by atoms with Gasteiger partial charge in [-0.3, -0.25) is 4.79 Å². The molecule has 1 N–H and O–H groups in total. The minimum atomic E-state index is -0.0267. The van der Waals surface area contributed by atoms with E-state index in [1.165, 1.54) is 0 Å². The lowest BCUT2D eigenvalue weighted by molar-refractivity contribution is -0.131. The first-order valence-electron chi connectivity index (χ1n) is 8.30. The van der Waals surface area contributed by atoms with Gasteiger partial charge in [0, 0.05) is 16.6 Å². The summed E-state index contributed by atoms with van der Waals surface area (Å²) in [5, 5.41) is 1.06. The van der Waals surface area contributed by atoms with E-state index in [1.807, 2.05) is 29.2 Å². The van der Waals surface area contributed by atoms with Crippen LogP contribution < -0.4 is 0 Å². The Morgan fingerprint density at radius 1 is 1.16 bits per heavy atom. The SMILES string of the molecule is O=C(Cc1c(Cl)cccc1Cl)N1CCCC1c1nc2ccccc2[nH]1. The van der Waals surface area contributed by atoms with E-state index in [0.717, 1.165) is 36.2 Å². The first-order valence-corrected chi connectivity index (χ1v) is 9.06. The second-order valence-electron chi connectivity index (χ2n) is 6.26. The summed E-state index contributed by atoms with van der Waals surface area (Å²) >= 11 is 12.4. The van der Waals surface area contributed by atoms with Crippen LogP contribution in [-0.2, 0) is 11.2 Å². The number of hydrogen-bond donors (Lipinski definition) is 1. The van der Waals surface area contributed by atoms with Crippen LogP contribution in [-0.4, -0.2) is 27.3 Å². The Morgan fingerprint density at radius 2 is 1.92 bits per heavy atom. The summed E-state index contributed by atoms with van der Waals surface area (Å²) in [6.45, 7) is 0.725. The van der Waals surface area contributed by atoms with Gasteiger partial charge in [0.15, 0.2) is 0 Å². The third-order valence-corrected chi connectivity index (χ3v) is 5.39. The molecule has 1 amide bonds. The third kappa shape index (κ3) is 3.12. The lowest BCUT2D eigenvalue weighted by Gasteiger charge is -2.23. The summed E-state index contributed by atoms with van der Waals surface area (Å²) in [5.41, 5.74) is 2.60. The molecule has 0 spiro atoms. The molecule has 25 heavy (non-hydrogen) atoms. The average molecular weight is 374 g/mol. The van der Waals surface area contributed by atoms with Crippen LogP contribution in [0.15, 0.2) is 42.5 Å². The van der Waals surface area contributed by atoms with Crippen LogP contribution in [0.25, 0.3) is 11.0 Å². The summed E-state index contributed by atoms with van der Waals surface area (Å²) in [6, 6.07) is 13.2. The van der Waals surface area contributed by atoms with Crippen molar-refractivity contribution in [3.63, 3.8) is 0 Å². The first-order chi connectivity index (χ1) is 12.1. The Balaban J connectivity index is 1.59. The number of carbonyl (C=O) groups excluding carboxylic acids is 1. The van der Waals surface area contributed by atoms with E-state index < -0.39 is 0 Å². The Hall–Kier alpha value is -2.04. The average Bonchev–Trinajstić information content (AvgIpc) is 3.24. The highest BCUT2D eigenvalue weighted by molar-refractivity contribution is 6.36. The third-order valence-electron chi connectivity index (χ3n) is 4.69. The molecule has 0 aliphatic carbocycles. The molecule has 4 rings (SSSR count). The molecule has 1 fully saturated rings. The fourth-order valence-corrected chi connectivity index (χ4v) is 3.96. The molecule has 1 unspecified atom stereocenters. The molecule has 3 aromatic rings. The number of nitrogens with one attached hydrogen (secondary N) is 1. The smallest absolute Gasteiger partial charge is 0.227 e. The number of aromatic amines is 1. The molecule has 2 aromatic carbocycles.